The molecule has 1 aromatic rings. The fourth-order valence-corrected chi connectivity index (χ4v) is 6.74. The second kappa shape index (κ2) is 11.2. The second-order valence-electron chi connectivity index (χ2n) is 5.94. The molecular formula is C18H35N2P. The molecule has 0 spiro atoms. The van der Waals surface area contributed by atoms with Crippen molar-refractivity contribution < 1.29 is 0 Å². The molecule has 21 heavy (non-hydrogen) atoms. The van der Waals surface area contributed by atoms with Crippen molar-refractivity contribution in [3.05, 3.63) is 30.3 Å². The van der Waals surface area contributed by atoms with E-state index in [0.717, 1.165) is 13.1 Å². The normalized spacial score (nSPS) is 12.5. The minimum atomic E-state index is -1.77. The number of hydrogen-bond donors (Lipinski definition) is 2. The first kappa shape index (κ1) is 18.6. The number of rotatable bonds is 12. The molecule has 0 saturated carbocycles. The first-order valence-corrected chi connectivity index (χ1v) is 11.0. The van der Waals surface area contributed by atoms with E-state index in [0.29, 0.717) is 0 Å². The van der Waals surface area contributed by atoms with Gasteiger partial charge in [-0.25, -0.2) is 0 Å². The quantitative estimate of drug-likeness (QED) is 0.439. The van der Waals surface area contributed by atoms with Crippen molar-refractivity contribution in [3.8, 4) is 0 Å². The Morgan fingerprint density at radius 2 is 1.29 bits per heavy atom. The van der Waals surface area contributed by atoms with Crippen LogP contribution in [-0.2, 0) is 0 Å². The van der Waals surface area contributed by atoms with Crippen LogP contribution in [0.3, 0.4) is 0 Å². The van der Waals surface area contributed by atoms with Crippen LogP contribution in [0.5, 0.6) is 0 Å². The molecule has 0 atom stereocenters. The third kappa shape index (κ3) is 6.46. The van der Waals surface area contributed by atoms with E-state index in [1.54, 1.807) is 0 Å². The van der Waals surface area contributed by atoms with E-state index in [1.165, 1.54) is 50.0 Å². The van der Waals surface area contributed by atoms with Gasteiger partial charge in [-0.15, -0.1) is 0 Å². The SMILES string of the molecule is CCCCN[PH](CCCC)(NCCCC)c1ccccc1. The Kier molecular flexibility index (Phi) is 9.91. The van der Waals surface area contributed by atoms with E-state index in [4.69, 9.17) is 0 Å². The fourth-order valence-electron chi connectivity index (χ4n) is 2.71. The summed E-state index contributed by atoms with van der Waals surface area (Å²) in [6.45, 7) is 9.11. The second-order valence-corrected chi connectivity index (χ2v) is 9.53. The maximum absolute atomic E-state index is 3.97. The van der Waals surface area contributed by atoms with Crippen LogP contribution in [0.2, 0.25) is 0 Å². The molecule has 0 aliphatic rings. The van der Waals surface area contributed by atoms with Crippen LogP contribution in [0, 0.1) is 0 Å². The molecule has 0 aliphatic heterocycles. The summed E-state index contributed by atoms with van der Waals surface area (Å²) in [5.74, 6) is 0. The van der Waals surface area contributed by atoms with Crippen molar-refractivity contribution in [2.75, 3.05) is 19.3 Å². The molecule has 0 bridgehead atoms. The molecule has 0 fully saturated rings. The molecule has 0 radical (unpaired) electrons. The molecule has 122 valence electrons. The number of hydrogen-bond acceptors (Lipinski definition) is 2. The zero-order valence-electron chi connectivity index (χ0n) is 14.3. The molecular weight excluding hydrogens is 275 g/mol. The van der Waals surface area contributed by atoms with Crippen LogP contribution >= 0.6 is 7.56 Å². The van der Waals surface area contributed by atoms with E-state index >= 15 is 0 Å². The summed E-state index contributed by atoms with van der Waals surface area (Å²) >= 11 is 0. The summed E-state index contributed by atoms with van der Waals surface area (Å²) in [5, 5.41) is 9.46. The van der Waals surface area contributed by atoms with Crippen LogP contribution in [0.4, 0.5) is 0 Å². The van der Waals surface area contributed by atoms with Gasteiger partial charge >= 0.3 is 132 Å². The van der Waals surface area contributed by atoms with E-state index in [2.05, 4.69) is 61.3 Å². The van der Waals surface area contributed by atoms with Gasteiger partial charge in [0.2, 0.25) is 0 Å². The number of benzene rings is 1. The Labute approximate surface area is 132 Å². The van der Waals surface area contributed by atoms with Gasteiger partial charge in [0.05, 0.1) is 0 Å². The third-order valence-corrected chi connectivity index (χ3v) is 8.22. The minimum absolute atomic E-state index is 1.14. The molecule has 0 amide bonds. The Hall–Kier alpha value is -0.430. The van der Waals surface area contributed by atoms with E-state index in [9.17, 15) is 0 Å². The first-order chi connectivity index (χ1) is 10.3. The van der Waals surface area contributed by atoms with Gasteiger partial charge < -0.3 is 0 Å². The van der Waals surface area contributed by atoms with Crippen molar-refractivity contribution in [2.45, 2.75) is 59.3 Å². The van der Waals surface area contributed by atoms with E-state index in [1.807, 2.05) is 0 Å². The Morgan fingerprint density at radius 3 is 1.76 bits per heavy atom. The van der Waals surface area contributed by atoms with Crippen LogP contribution in [0.15, 0.2) is 30.3 Å². The first-order valence-electron chi connectivity index (χ1n) is 8.84. The molecule has 0 saturated heterocycles. The molecule has 0 heterocycles. The van der Waals surface area contributed by atoms with Crippen molar-refractivity contribution in [3.63, 3.8) is 0 Å². The van der Waals surface area contributed by atoms with Crippen molar-refractivity contribution in [1.29, 1.82) is 0 Å². The van der Waals surface area contributed by atoms with Crippen molar-refractivity contribution in [2.24, 2.45) is 0 Å². The van der Waals surface area contributed by atoms with Crippen LogP contribution < -0.4 is 15.5 Å². The summed E-state index contributed by atoms with van der Waals surface area (Å²) in [7, 11) is -1.77. The summed E-state index contributed by atoms with van der Waals surface area (Å²) < 4.78 is 0. The Bertz CT molecular complexity index is 343. The Morgan fingerprint density at radius 1 is 0.762 bits per heavy atom. The topological polar surface area (TPSA) is 24.1 Å². The summed E-state index contributed by atoms with van der Waals surface area (Å²) in [5.41, 5.74) is 0. The summed E-state index contributed by atoms with van der Waals surface area (Å²) in [6.07, 6.45) is 8.92. The van der Waals surface area contributed by atoms with Gasteiger partial charge in [-0.05, 0) is 0 Å². The van der Waals surface area contributed by atoms with Crippen molar-refractivity contribution in [1.82, 2.24) is 10.2 Å². The monoisotopic (exact) mass is 310 g/mol. The van der Waals surface area contributed by atoms with Crippen molar-refractivity contribution >= 4 is 12.9 Å². The van der Waals surface area contributed by atoms with Crippen LogP contribution in [0.25, 0.3) is 0 Å². The summed E-state index contributed by atoms with van der Waals surface area (Å²) in [4.78, 5) is 0. The van der Waals surface area contributed by atoms with Gasteiger partial charge in [-0.2, -0.15) is 0 Å². The molecule has 0 aliphatic carbocycles. The van der Waals surface area contributed by atoms with Gasteiger partial charge in [0.15, 0.2) is 0 Å². The van der Waals surface area contributed by atoms with E-state index < -0.39 is 7.56 Å². The predicted molar refractivity (Wildman–Crippen MR) is 100.0 cm³/mol. The van der Waals surface area contributed by atoms with Gasteiger partial charge in [0, 0.05) is 0 Å². The Balaban J connectivity index is 2.89. The molecule has 2 nitrogen and oxygen atoms in total. The molecule has 0 aromatic heterocycles. The average Bonchev–Trinajstić information content (AvgIpc) is 2.53. The average molecular weight is 310 g/mol. The zero-order valence-corrected chi connectivity index (χ0v) is 15.3. The predicted octanol–water partition coefficient (Wildman–Crippen LogP) is 4.47. The van der Waals surface area contributed by atoms with E-state index in [-0.39, 0.29) is 0 Å². The van der Waals surface area contributed by atoms with Crippen LogP contribution in [0.1, 0.15) is 59.3 Å². The van der Waals surface area contributed by atoms with Crippen LogP contribution in [-0.4, -0.2) is 19.3 Å². The standard InChI is InChI=1S/C18H35N2P/c1-4-7-15-19-21(17-9-6-3,20-16-8-5-2)18-13-11-10-12-14-18/h10-14,19-21H,4-9,15-17H2,1-3H3. The zero-order chi connectivity index (χ0) is 15.4. The summed E-state index contributed by atoms with van der Waals surface area (Å²) in [6, 6.07) is 11.1. The molecule has 1 aromatic carbocycles. The number of nitrogens with one attached hydrogen (secondary N) is 2. The molecule has 0 unspecified atom stereocenters. The fraction of sp³-hybridized carbons (Fsp3) is 0.667. The van der Waals surface area contributed by atoms with Gasteiger partial charge in [-0.1, -0.05) is 0 Å². The van der Waals surface area contributed by atoms with Gasteiger partial charge in [0.1, 0.15) is 0 Å². The third-order valence-electron chi connectivity index (χ3n) is 4.09. The maximum atomic E-state index is 3.97. The molecule has 2 N–H and O–H groups in total. The van der Waals surface area contributed by atoms with Gasteiger partial charge in [0.25, 0.3) is 0 Å². The molecule has 3 heteroatoms. The van der Waals surface area contributed by atoms with Gasteiger partial charge in [-0.3, -0.25) is 0 Å². The number of unbranched alkanes of at least 4 members (excludes halogenated alkanes) is 3. The molecule has 1 rings (SSSR count).